The first-order chi connectivity index (χ1) is 7.10. The summed E-state index contributed by atoms with van der Waals surface area (Å²) in [6.07, 6.45) is -2.57. The summed E-state index contributed by atoms with van der Waals surface area (Å²) in [5.41, 5.74) is 6.40. The molecule has 0 saturated carbocycles. The van der Waals surface area contributed by atoms with Gasteiger partial charge in [0.15, 0.2) is 0 Å². The maximum atomic E-state index is 12.6. The van der Waals surface area contributed by atoms with E-state index in [4.69, 9.17) is 11.0 Å². The van der Waals surface area contributed by atoms with Crippen LogP contribution in [-0.4, -0.2) is 4.98 Å². The molecular formula is C10H11F2N3. The lowest BCUT2D eigenvalue weighted by Gasteiger charge is -2.11. The minimum atomic E-state index is -2.65. The highest BCUT2D eigenvalue weighted by Gasteiger charge is 2.17. The molecule has 0 aliphatic rings. The highest BCUT2D eigenvalue weighted by molar-refractivity contribution is 5.35. The van der Waals surface area contributed by atoms with E-state index in [-0.39, 0.29) is 24.2 Å². The van der Waals surface area contributed by atoms with Crippen LogP contribution in [0.15, 0.2) is 6.07 Å². The van der Waals surface area contributed by atoms with Crippen LogP contribution in [-0.2, 0) is 13.0 Å². The van der Waals surface area contributed by atoms with Crippen molar-refractivity contribution in [3.8, 4) is 6.07 Å². The first kappa shape index (κ1) is 11.5. The first-order valence-electron chi connectivity index (χ1n) is 4.44. The normalized spacial score (nSPS) is 10.4. The van der Waals surface area contributed by atoms with Crippen molar-refractivity contribution in [3.05, 3.63) is 28.6 Å². The average Bonchev–Trinajstić information content (AvgIpc) is 2.17. The summed E-state index contributed by atoms with van der Waals surface area (Å²) in [5, 5.41) is 8.56. The fourth-order valence-corrected chi connectivity index (χ4v) is 1.45. The molecule has 0 aliphatic carbocycles. The number of aryl methyl sites for hydroxylation is 1. The van der Waals surface area contributed by atoms with Gasteiger partial charge < -0.3 is 5.73 Å². The Morgan fingerprint density at radius 1 is 1.60 bits per heavy atom. The van der Waals surface area contributed by atoms with Crippen LogP contribution in [0.4, 0.5) is 8.78 Å². The quantitative estimate of drug-likeness (QED) is 0.829. The molecule has 0 bridgehead atoms. The number of rotatable bonds is 3. The van der Waals surface area contributed by atoms with E-state index in [0.717, 1.165) is 0 Å². The lowest BCUT2D eigenvalue weighted by molar-refractivity contribution is 0.144. The second kappa shape index (κ2) is 4.80. The van der Waals surface area contributed by atoms with Crippen molar-refractivity contribution in [2.75, 3.05) is 0 Å². The van der Waals surface area contributed by atoms with Gasteiger partial charge in [-0.15, -0.1) is 0 Å². The molecular weight excluding hydrogens is 200 g/mol. The van der Waals surface area contributed by atoms with E-state index in [2.05, 4.69) is 4.98 Å². The SMILES string of the molecule is Cc1cc(CC#N)c(CN)c(C(F)F)n1. The maximum Gasteiger partial charge on any atom is 0.280 e. The number of pyridine rings is 1. The lowest BCUT2D eigenvalue weighted by atomic mass is 10.0. The molecule has 0 amide bonds. The Kier molecular flexibility index (Phi) is 3.69. The fraction of sp³-hybridized carbons (Fsp3) is 0.400. The van der Waals surface area contributed by atoms with Crippen molar-refractivity contribution in [2.24, 2.45) is 5.73 Å². The second-order valence-corrected chi connectivity index (χ2v) is 3.13. The van der Waals surface area contributed by atoms with Crippen molar-refractivity contribution in [3.63, 3.8) is 0 Å². The monoisotopic (exact) mass is 211 g/mol. The molecule has 0 aliphatic heterocycles. The largest absolute Gasteiger partial charge is 0.326 e. The average molecular weight is 211 g/mol. The molecule has 1 aromatic heterocycles. The summed E-state index contributed by atoms with van der Waals surface area (Å²) in [7, 11) is 0. The Morgan fingerprint density at radius 2 is 2.27 bits per heavy atom. The van der Waals surface area contributed by atoms with Gasteiger partial charge in [-0.05, 0) is 24.1 Å². The molecule has 1 rings (SSSR count). The summed E-state index contributed by atoms with van der Waals surface area (Å²) in [6, 6.07) is 3.55. The maximum absolute atomic E-state index is 12.6. The molecule has 1 heterocycles. The van der Waals surface area contributed by atoms with Gasteiger partial charge >= 0.3 is 0 Å². The van der Waals surface area contributed by atoms with E-state index in [9.17, 15) is 8.78 Å². The van der Waals surface area contributed by atoms with Crippen molar-refractivity contribution in [2.45, 2.75) is 26.3 Å². The van der Waals surface area contributed by atoms with Crippen LogP contribution in [0.5, 0.6) is 0 Å². The minimum Gasteiger partial charge on any atom is -0.326 e. The predicted molar refractivity (Wildman–Crippen MR) is 51.1 cm³/mol. The smallest absolute Gasteiger partial charge is 0.280 e. The third kappa shape index (κ3) is 2.48. The van der Waals surface area contributed by atoms with E-state index < -0.39 is 6.43 Å². The number of nitrogens with zero attached hydrogens (tertiary/aromatic N) is 2. The number of nitriles is 1. The second-order valence-electron chi connectivity index (χ2n) is 3.13. The van der Waals surface area contributed by atoms with E-state index in [1.54, 1.807) is 13.0 Å². The zero-order valence-electron chi connectivity index (χ0n) is 8.30. The van der Waals surface area contributed by atoms with Crippen LogP contribution < -0.4 is 5.73 Å². The van der Waals surface area contributed by atoms with Gasteiger partial charge in [0.25, 0.3) is 6.43 Å². The van der Waals surface area contributed by atoms with Crippen molar-refractivity contribution in [1.82, 2.24) is 4.98 Å². The van der Waals surface area contributed by atoms with Crippen molar-refractivity contribution in [1.29, 1.82) is 5.26 Å². The van der Waals surface area contributed by atoms with Gasteiger partial charge in [-0.1, -0.05) is 0 Å². The first-order valence-corrected chi connectivity index (χ1v) is 4.44. The summed E-state index contributed by atoms with van der Waals surface area (Å²) in [6.45, 7) is 1.59. The highest BCUT2D eigenvalue weighted by Crippen LogP contribution is 2.24. The Morgan fingerprint density at radius 3 is 2.73 bits per heavy atom. The van der Waals surface area contributed by atoms with Gasteiger partial charge in [0.1, 0.15) is 5.69 Å². The van der Waals surface area contributed by atoms with Gasteiger partial charge in [-0.2, -0.15) is 5.26 Å². The molecule has 15 heavy (non-hydrogen) atoms. The number of nitrogens with two attached hydrogens (primary N) is 1. The molecule has 0 fully saturated rings. The highest BCUT2D eigenvalue weighted by atomic mass is 19.3. The van der Waals surface area contributed by atoms with E-state index >= 15 is 0 Å². The Labute approximate surface area is 86.5 Å². The summed E-state index contributed by atoms with van der Waals surface area (Å²) in [5.74, 6) is 0. The summed E-state index contributed by atoms with van der Waals surface area (Å²) in [4.78, 5) is 3.75. The number of aromatic nitrogens is 1. The van der Waals surface area contributed by atoms with Crippen LogP contribution in [0.1, 0.15) is 28.9 Å². The Balaban J connectivity index is 3.33. The fourth-order valence-electron chi connectivity index (χ4n) is 1.45. The van der Waals surface area contributed by atoms with Crippen LogP contribution in [0.3, 0.4) is 0 Å². The third-order valence-electron chi connectivity index (χ3n) is 2.06. The zero-order chi connectivity index (χ0) is 11.4. The van der Waals surface area contributed by atoms with Gasteiger partial charge in [0.2, 0.25) is 0 Å². The number of alkyl halides is 2. The van der Waals surface area contributed by atoms with Gasteiger partial charge in [0.05, 0.1) is 12.5 Å². The molecule has 5 heteroatoms. The van der Waals surface area contributed by atoms with Crippen molar-refractivity contribution >= 4 is 0 Å². The molecule has 80 valence electrons. The number of hydrogen-bond acceptors (Lipinski definition) is 3. The van der Waals surface area contributed by atoms with Crippen molar-refractivity contribution < 1.29 is 8.78 Å². The minimum absolute atomic E-state index is 0.0238. The van der Waals surface area contributed by atoms with Crippen LogP contribution in [0, 0.1) is 18.3 Å². The molecule has 2 N–H and O–H groups in total. The van der Waals surface area contributed by atoms with E-state index in [1.807, 2.05) is 6.07 Å². The van der Waals surface area contributed by atoms with E-state index in [0.29, 0.717) is 11.3 Å². The predicted octanol–water partition coefficient (Wildman–Crippen LogP) is 1.85. The van der Waals surface area contributed by atoms with E-state index in [1.165, 1.54) is 0 Å². The number of hydrogen-bond donors (Lipinski definition) is 1. The van der Waals surface area contributed by atoms with Crippen LogP contribution in [0.2, 0.25) is 0 Å². The molecule has 0 unspecified atom stereocenters. The number of halogens is 2. The lowest BCUT2D eigenvalue weighted by Crippen LogP contribution is -2.09. The topological polar surface area (TPSA) is 62.7 Å². The summed E-state index contributed by atoms with van der Waals surface area (Å²) < 4.78 is 25.2. The standard InChI is InChI=1S/C10H11F2N3/c1-6-4-7(2-3-13)8(5-14)9(15-6)10(11)12/h4,10H,2,5,14H2,1H3. The Bertz CT molecular complexity index is 396. The molecule has 0 aromatic carbocycles. The Hall–Kier alpha value is -1.54. The van der Waals surface area contributed by atoms with Gasteiger partial charge in [-0.3, -0.25) is 4.98 Å². The van der Waals surface area contributed by atoms with Gasteiger partial charge in [0, 0.05) is 12.2 Å². The van der Waals surface area contributed by atoms with Crippen LogP contribution >= 0.6 is 0 Å². The summed E-state index contributed by atoms with van der Waals surface area (Å²) >= 11 is 0. The molecule has 0 radical (unpaired) electrons. The zero-order valence-corrected chi connectivity index (χ0v) is 8.30. The molecule has 1 aromatic rings. The molecule has 0 atom stereocenters. The molecule has 0 spiro atoms. The molecule has 3 nitrogen and oxygen atoms in total. The van der Waals surface area contributed by atoms with Crippen LogP contribution in [0.25, 0.3) is 0 Å². The third-order valence-corrected chi connectivity index (χ3v) is 2.06. The van der Waals surface area contributed by atoms with Gasteiger partial charge in [-0.25, -0.2) is 8.78 Å². The molecule has 0 saturated heterocycles.